The Morgan fingerprint density at radius 3 is 2.95 bits per heavy atom. The zero-order valence-corrected chi connectivity index (χ0v) is 10.6. The molecule has 3 aromatic rings. The minimum Gasteiger partial charge on any atom is -0.463 e. The molecule has 1 aliphatic rings. The monoisotopic (exact) mass is 268 g/mol. The molecule has 100 valence electrons. The molecule has 0 aromatic carbocycles. The van der Waals surface area contributed by atoms with Crippen LogP contribution >= 0.6 is 0 Å². The van der Waals surface area contributed by atoms with E-state index in [4.69, 9.17) is 4.42 Å². The zero-order chi connectivity index (χ0) is 13.5. The second-order valence-corrected chi connectivity index (χ2v) is 4.86. The van der Waals surface area contributed by atoms with Gasteiger partial charge in [-0.2, -0.15) is 4.98 Å². The zero-order valence-electron chi connectivity index (χ0n) is 10.6. The van der Waals surface area contributed by atoms with Crippen molar-refractivity contribution in [2.75, 3.05) is 5.32 Å². The molecule has 3 aromatic heterocycles. The molecule has 3 heterocycles. The Kier molecular flexibility index (Phi) is 2.35. The molecule has 6 nitrogen and oxygen atoms in total. The van der Waals surface area contributed by atoms with Crippen LogP contribution in [-0.4, -0.2) is 20.5 Å². The third-order valence-corrected chi connectivity index (χ3v) is 3.32. The first-order valence-electron chi connectivity index (χ1n) is 6.52. The van der Waals surface area contributed by atoms with Crippen molar-refractivity contribution in [3.8, 4) is 11.5 Å². The molecule has 0 bridgehead atoms. The van der Waals surface area contributed by atoms with Gasteiger partial charge in [-0.1, -0.05) is 6.07 Å². The molecule has 0 spiro atoms. The van der Waals surface area contributed by atoms with Crippen LogP contribution < -0.4 is 5.32 Å². The number of aromatic nitrogens is 3. The van der Waals surface area contributed by atoms with Gasteiger partial charge < -0.3 is 4.42 Å². The first-order valence-corrected chi connectivity index (χ1v) is 6.52. The van der Waals surface area contributed by atoms with E-state index in [0.717, 1.165) is 18.5 Å². The lowest BCUT2D eigenvalue weighted by Crippen LogP contribution is -2.14. The highest BCUT2D eigenvalue weighted by Gasteiger charge is 2.30. The lowest BCUT2D eigenvalue weighted by atomic mass is 10.3. The van der Waals surface area contributed by atoms with Crippen LogP contribution in [-0.2, 0) is 4.79 Å². The van der Waals surface area contributed by atoms with Gasteiger partial charge in [-0.25, -0.2) is 4.52 Å². The van der Waals surface area contributed by atoms with E-state index in [9.17, 15) is 4.79 Å². The molecule has 1 saturated carbocycles. The molecular weight excluding hydrogens is 256 g/mol. The maximum atomic E-state index is 11.7. The summed E-state index contributed by atoms with van der Waals surface area (Å²) in [6.45, 7) is 0. The Morgan fingerprint density at radius 1 is 1.30 bits per heavy atom. The van der Waals surface area contributed by atoms with E-state index in [1.54, 1.807) is 10.8 Å². The third kappa shape index (κ3) is 1.85. The van der Waals surface area contributed by atoms with Gasteiger partial charge in [0, 0.05) is 5.92 Å². The van der Waals surface area contributed by atoms with Crippen LogP contribution in [0.15, 0.2) is 41.0 Å². The van der Waals surface area contributed by atoms with Gasteiger partial charge in [0.2, 0.25) is 11.9 Å². The van der Waals surface area contributed by atoms with Crippen LogP contribution in [0.5, 0.6) is 0 Å². The summed E-state index contributed by atoms with van der Waals surface area (Å²) in [6.07, 6.45) is 3.52. The number of pyridine rings is 1. The van der Waals surface area contributed by atoms with Gasteiger partial charge in [0.15, 0.2) is 11.4 Å². The molecular formula is C14H12N4O2. The van der Waals surface area contributed by atoms with Crippen LogP contribution in [0.25, 0.3) is 17.1 Å². The van der Waals surface area contributed by atoms with E-state index in [0.29, 0.717) is 17.4 Å². The standard InChI is InChI=1S/C14H12N4O2/c19-13(9-6-7-9)16-14-15-12-5-1-3-10(18(12)17-14)11-4-2-8-20-11/h1-5,8-9H,6-7H2,(H,16,17,19). The SMILES string of the molecule is O=C(Nc1nc2cccc(-c3ccco3)n2n1)C1CC1. The fourth-order valence-corrected chi connectivity index (χ4v) is 2.13. The van der Waals surface area contributed by atoms with Gasteiger partial charge in [0.05, 0.1) is 6.26 Å². The molecule has 0 atom stereocenters. The highest BCUT2D eigenvalue weighted by atomic mass is 16.3. The number of hydrogen-bond donors (Lipinski definition) is 1. The predicted octanol–water partition coefficient (Wildman–Crippen LogP) is 2.34. The molecule has 1 fully saturated rings. The van der Waals surface area contributed by atoms with Crippen molar-refractivity contribution in [2.24, 2.45) is 5.92 Å². The van der Waals surface area contributed by atoms with Crippen LogP contribution in [0.2, 0.25) is 0 Å². The van der Waals surface area contributed by atoms with Crippen LogP contribution in [0, 0.1) is 5.92 Å². The Hall–Kier alpha value is -2.63. The maximum absolute atomic E-state index is 11.7. The summed E-state index contributed by atoms with van der Waals surface area (Å²) in [6, 6.07) is 9.30. The molecule has 0 radical (unpaired) electrons. The summed E-state index contributed by atoms with van der Waals surface area (Å²) in [5, 5.41) is 7.09. The Bertz CT molecular complexity index is 772. The summed E-state index contributed by atoms with van der Waals surface area (Å²) in [5.74, 6) is 1.17. The fourth-order valence-electron chi connectivity index (χ4n) is 2.13. The summed E-state index contributed by atoms with van der Waals surface area (Å²) in [5.41, 5.74) is 1.47. The normalized spacial score (nSPS) is 14.6. The summed E-state index contributed by atoms with van der Waals surface area (Å²) in [7, 11) is 0. The lowest BCUT2D eigenvalue weighted by Gasteiger charge is -1.99. The van der Waals surface area contributed by atoms with Crippen molar-refractivity contribution in [1.29, 1.82) is 0 Å². The number of anilines is 1. The van der Waals surface area contributed by atoms with Crippen molar-refractivity contribution in [3.63, 3.8) is 0 Å². The Balaban J connectivity index is 1.75. The largest absolute Gasteiger partial charge is 0.463 e. The van der Waals surface area contributed by atoms with Crippen LogP contribution in [0.1, 0.15) is 12.8 Å². The minimum absolute atomic E-state index is 0.000421. The van der Waals surface area contributed by atoms with Crippen LogP contribution in [0.3, 0.4) is 0 Å². The number of carbonyl (C=O) groups is 1. The van der Waals surface area contributed by atoms with E-state index in [2.05, 4.69) is 15.4 Å². The molecule has 20 heavy (non-hydrogen) atoms. The molecule has 1 N–H and O–H groups in total. The topological polar surface area (TPSA) is 72.4 Å². The number of rotatable bonds is 3. The minimum atomic E-state index is 0.000421. The van der Waals surface area contributed by atoms with E-state index in [1.807, 2.05) is 30.3 Å². The maximum Gasteiger partial charge on any atom is 0.249 e. The Morgan fingerprint density at radius 2 is 2.20 bits per heavy atom. The highest BCUT2D eigenvalue weighted by Crippen LogP contribution is 2.30. The van der Waals surface area contributed by atoms with Crippen molar-refractivity contribution >= 4 is 17.5 Å². The number of amides is 1. The fraction of sp³-hybridized carbons (Fsp3) is 0.214. The van der Waals surface area contributed by atoms with E-state index in [1.165, 1.54) is 0 Å². The second-order valence-electron chi connectivity index (χ2n) is 4.86. The first kappa shape index (κ1) is 11.2. The summed E-state index contributed by atoms with van der Waals surface area (Å²) in [4.78, 5) is 16.1. The first-order chi connectivity index (χ1) is 9.81. The van der Waals surface area contributed by atoms with Gasteiger partial charge >= 0.3 is 0 Å². The molecule has 0 aliphatic heterocycles. The second kappa shape index (κ2) is 4.19. The smallest absolute Gasteiger partial charge is 0.249 e. The number of nitrogens with one attached hydrogen (secondary N) is 1. The number of carbonyl (C=O) groups excluding carboxylic acids is 1. The van der Waals surface area contributed by atoms with E-state index < -0.39 is 0 Å². The molecule has 1 aliphatic carbocycles. The number of hydrogen-bond acceptors (Lipinski definition) is 4. The average molecular weight is 268 g/mol. The van der Waals surface area contributed by atoms with E-state index >= 15 is 0 Å². The highest BCUT2D eigenvalue weighted by molar-refractivity contribution is 5.92. The van der Waals surface area contributed by atoms with Gasteiger partial charge in [0.25, 0.3) is 0 Å². The molecule has 1 amide bonds. The van der Waals surface area contributed by atoms with Crippen molar-refractivity contribution in [2.45, 2.75) is 12.8 Å². The summed E-state index contributed by atoms with van der Waals surface area (Å²) >= 11 is 0. The van der Waals surface area contributed by atoms with Crippen LogP contribution in [0.4, 0.5) is 5.95 Å². The predicted molar refractivity (Wildman–Crippen MR) is 72.0 cm³/mol. The lowest BCUT2D eigenvalue weighted by molar-refractivity contribution is -0.117. The number of fused-ring (bicyclic) bond motifs is 1. The third-order valence-electron chi connectivity index (χ3n) is 3.32. The molecule has 4 rings (SSSR count). The number of nitrogens with zero attached hydrogens (tertiary/aromatic N) is 3. The molecule has 0 saturated heterocycles. The van der Waals surface area contributed by atoms with Crippen molar-refractivity contribution < 1.29 is 9.21 Å². The van der Waals surface area contributed by atoms with Gasteiger partial charge in [-0.05, 0) is 37.1 Å². The number of furan rings is 1. The average Bonchev–Trinajstić information content (AvgIpc) is 3.00. The van der Waals surface area contributed by atoms with Gasteiger partial charge in [0.1, 0.15) is 5.69 Å². The summed E-state index contributed by atoms with van der Waals surface area (Å²) < 4.78 is 7.06. The van der Waals surface area contributed by atoms with E-state index in [-0.39, 0.29) is 11.8 Å². The van der Waals surface area contributed by atoms with Crippen molar-refractivity contribution in [3.05, 3.63) is 36.6 Å². The molecule has 6 heteroatoms. The molecule has 0 unspecified atom stereocenters. The van der Waals surface area contributed by atoms with Gasteiger partial charge in [-0.15, -0.1) is 5.10 Å². The quantitative estimate of drug-likeness (QED) is 0.791. The Labute approximate surface area is 114 Å². The van der Waals surface area contributed by atoms with Gasteiger partial charge in [-0.3, -0.25) is 10.1 Å². The van der Waals surface area contributed by atoms with Crippen molar-refractivity contribution in [1.82, 2.24) is 14.6 Å².